The highest BCUT2D eigenvalue weighted by Crippen LogP contribution is 1.98. The van der Waals surface area contributed by atoms with E-state index < -0.39 is 0 Å². The van der Waals surface area contributed by atoms with E-state index in [1.165, 1.54) is 0 Å². The van der Waals surface area contributed by atoms with Gasteiger partial charge in [0, 0.05) is 12.8 Å². The standard InChI is InChI=1S/C8H9N3O2/c1-2-5-9-8(13)6-3-4-7(12)11-10-6/h1H,3-5H2,(H,9,13)(H,11,12). The van der Waals surface area contributed by atoms with Gasteiger partial charge in [-0.15, -0.1) is 6.42 Å². The first-order valence-electron chi connectivity index (χ1n) is 3.81. The first-order valence-corrected chi connectivity index (χ1v) is 3.81. The van der Waals surface area contributed by atoms with Crippen LogP contribution in [0.2, 0.25) is 0 Å². The zero-order valence-corrected chi connectivity index (χ0v) is 6.96. The van der Waals surface area contributed by atoms with Crippen LogP contribution in [-0.2, 0) is 9.59 Å². The summed E-state index contributed by atoms with van der Waals surface area (Å²) in [6.45, 7) is 0.172. The summed E-state index contributed by atoms with van der Waals surface area (Å²) in [5, 5.41) is 6.06. The molecule has 0 aromatic carbocycles. The van der Waals surface area contributed by atoms with Crippen molar-refractivity contribution in [2.45, 2.75) is 12.8 Å². The third-order valence-corrected chi connectivity index (χ3v) is 1.52. The van der Waals surface area contributed by atoms with Gasteiger partial charge in [-0.2, -0.15) is 5.10 Å². The summed E-state index contributed by atoms with van der Waals surface area (Å²) in [6.07, 6.45) is 5.61. The fourth-order valence-electron chi connectivity index (χ4n) is 0.871. The summed E-state index contributed by atoms with van der Waals surface area (Å²) < 4.78 is 0. The molecule has 0 radical (unpaired) electrons. The topological polar surface area (TPSA) is 70.6 Å². The number of nitrogens with zero attached hydrogens (tertiary/aromatic N) is 1. The van der Waals surface area contributed by atoms with Crippen LogP contribution < -0.4 is 10.7 Å². The number of carbonyl (C=O) groups excluding carboxylic acids is 2. The lowest BCUT2D eigenvalue weighted by molar-refractivity contribution is -0.121. The zero-order valence-electron chi connectivity index (χ0n) is 6.96. The number of rotatable bonds is 2. The number of nitrogens with one attached hydrogen (secondary N) is 2. The van der Waals surface area contributed by atoms with Gasteiger partial charge >= 0.3 is 0 Å². The van der Waals surface area contributed by atoms with E-state index in [0.717, 1.165) is 0 Å². The van der Waals surface area contributed by atoms with Gasteiger partial charge in [0.25, 0.3) is 5.91 Å². The van der Waals surface area contributed by atoms with Crippen LogP contribution in [0, 0.1) is 12.3 Å². The van der Waals surface area contributed by atoms with Gasteiger partial charge in [-0.1, -0.05) is 5.92 Å². The summed E-state index contributed by atoms with van der Waals surface area (Å²) in [6, 6.07) is 0. The lowest BCUT2D eigenvalue weighted by Crippen LogP contribution is -2.36. The lowest BCUT2D eigenvalue weighted by atomic mass is 10.1. The van der Waals surface area contributed by atoms with Gasteiger partial charge in [0.15, 0.2) is 0 Å². The fraction of sp³-hybridized carbons (Fsp3) is 0.375. The van der Waals surface area contributed by atoms with Crippen molar-refractivity contribution in [2.75, 3.05) is 6.54 Å². The molecule has 5 nitrogen and oxygen atoms in total. The number of hydrogen-bond acceptors (Lipinski definition) is 3. The Bertz CT molecular complexity index is 301. The predicted molar refractivity (Wildman–Crippen MR) is 46.7 cm³/mol. The first kappa shape index (κ1) is 9.26. The Morgan fingerprint density at radius 3 is 3.00 bits per heavy atom. The van der Waals surface area contributed by atoms with Gasteiger partial charge < -0.3 is 5.32 Å². The van der Waals surface area contributed by atoms with Gasteiger partial charge in [0.2, 0.25) is 5.91 Å². The zero-order chi connectivity index (χ0) is 9.68. The SMILES string of the molecule is C#CCNC(=O)C1=NNC(=O)CC1. The van der Waals surface area contributed by atoms with Crippen molar-refractivity contribution in [1.82, 2.24) is 10.7 Å². The molecular formula is C8H9N3O2. The van der Waals surface area contributed by atoms with Gasteiger partial charge in [0.1, 0.15) is 5.71 Å². The van der Waals surface area contributed by atoms with E-state index in [4.69, 9.17) is 6.42 Å². The van der Waals surface area contributed by atoms with Crippen molar-refractivity contribution in [3.05, 3.63) is 0 Å². The minimum absolute atomic E-state index is 0.172. The van der Waals surface area contributed by atoms with Crippen LogP contribution in [0.4, 0.5) is 0 Å². The molecule has 0 bridgehead atoms. The van der Waals surface area contributed by atoms with Crippen LogP contribution in [0.25, 0.3) is 0 Å². The van der Waals surface area contributed by atoms with Gasteiger partial charge in [-0.25, -0.2) is 5.43 Å². The van der Waals surface area contributed by atoms with Crippen molar-refractivity contribution < 1.29 is 9.59 Å². The monoisotopic (exact) mass is 179 g/mol. The minimum atomic E-state index is -0.321. The van der Waals surface area contributed by atoms with Gasteiger partial charge in [0.05, 0.1) is 6.54 Å². The highest BCUT2D eigenvalue weighted by molar-refractivity contribution is 6.39. The Kier molecular flexibility index (Phi) is 3.03. The molecule has 0 fully saturated rings. The predicted octanol–water partition coefficient (Wildman–Crippen LogP) is -0.998. The third-order valence-electron chi connectivity index (χ3n) is 1.52. The smallest absolute Gasteiger partial charge is 0.268 e. The van der Waals surface area contributed by atoms with E-state index in [1.54, 1.807) is 0 Å². The first-order chi connectivity index (χ1) is 6.24. The van der Waals surface area contributed by atoms with E-state index in [1.807, 2.05) is 0 Å². The van der Waals surface area contributed by atoms with Gasteiger partial charge in [-0.3, -0.25) is 9.59 Å². The second-order valence-corrected chi connectivity index (χ2v) is 2.48. The number of hydrazone groups is 1. The van der Waals surface area contributed by atoms with Crippen molar-refractivity contribution in [3.63, 3.8) is 0 Å². The molecule has 0 atom stereocenters. The maximum absolute atomic E-state index is 11.2. The van der Waals surface area contributed by atoms with Crippen molar-refractivity contribution in [3.8, 4) is 12.3 Å². The van der Waals surface area contributed by atoms with Crippen LogP contribution in [0.15, 0.2) is 5.10 Å². The van der Waals surface area contributed by atoms with Gasteiger partial charge in [-0.05, 0) is 0 Å². The van der Waals surface area contributed by atoms with E-state index in [2.05, 4.69) is 21.8 Å². The van der Waals surface area contributed by atoms with E-state index in [9.17, 15) is 9.59 Å². The molecule has 5 heteroatoms. The molecule has 0 aromatic heterocycles. The largest absolute Gasteiger partial charge is 0.340 e. The Morgan fingerprint density at radius 1 is 1.69 bits per heavy atom. The van der Waals surface area contributed by atoms with Crippen LogP contribution in [-0.4, -0.2) is 24.1 Å². The molecule has 68 valence electrons. The Labute approximate surface area is 75.6 Å². The molecular weight excluding hydrogens is 170 g/mol. The average Bonchev–Trinajstić information content (AvgIpc) is 2.15. The Morgan fingerprint density at radius 2 is 2.46 bits per heavy atom. The molecule has 0 aromatic rings. The lowest BCUT2D eigenvalue weighted by Gasteiger charge is -2.10. The van der Waals surface area contributed by atoms with Crippen LogP contribution in [0.3, 0.4) is 0 Å². The number of hydrogen-bond donors (Lipinski definition) is 2. The number of carbonyl (C=O) groups is 2. The summed E-state index contributed by atoms with van der Waals surface area (Å²) in [5.41, 5.74) is 2.54. The molecule has 0 saturated carbocycles. The molecule has 2 amide bonds. The summed E-state index contributed by atoms with van der Waals surface area (Å²) in [4.78, 5) is 21.8. The van der Waals surface area contributed by atoms with Crippen LogP contribution >= 0.6 is 0 Å². The molecule has 1 aliphatic rings. The third kappa shape index (κ3) is 2.60. The second-order valence-electron chi connectivity index (χ2n) is 2.48. The van der Waals surface area contributed by atoms with E-state index >= 15 is 0 Å². The molecule has 1 aliphatic heterocycles. The Hall–Kier alpha value is -1.83. The number of terminal acetylenes is 1. The molecule has 0 saturated heterocycles. The van der Waals surface area contributed by atoms with Crippen molar-refractivity contribution in [2.24, 2.45) is 5.10 Å². The van der Waals surface area contributed by atoms with Crippen molar-refractivity contribution >= 4 is 17.5 Å². The minimum Gasteiger partial charge on any atom is -0.340 e. The molecule has 0 aliphatic carbocycles. The molecule has 1 rings (SSSR count). The van der Waals surface area contributed by atoms with E-state index in [0.29, 0.717) is 18.6 Å². The summed E-state index contributed by atoms with van der Waals surface area (Å²) in [5.74, 6) is 1.78. The highest BCUT2D eigenvalue weighted by Gasteiger charge is 2.17. The summed E-state index contributed by atoms with van der Waals surface area (Å²) in [7, 11) is 0. The molecule has 0 unspecified atom stereocenters. The summed E-state index contributed by atoms with van der Waals surface area (Å²) >= 11 is 0. The van der Waals surface area contributed by atoms with Crippen molar-refractivity contribution in [1.29, 1.82) is 0 Å². The number of amides is 2. The average molecular weight is 179 g/mol. The maximum Gasteiger partial charge on any atom is 0.268 e. The Balaban J connectivity index is 2.49. The molecule has 1 heterocycles. The fourth-order valence-corrected chi connectivity index (χ4v) is 0.871. The highest BCUT2D eigenvalue weighted by atomic mass is 16.2. The maximum atomic E-state index is 11.2. The molecule has 13 heavy (non-hydrogen) atoms. The van der Waals surface area contributed by atoms with Crippen LogP contribution in [0.1, 0.15) is 12.8 Å². The quantitative estimate of drug-likeness (QED) is 0.534. The van der Waals surface area contributed by atoms with Crippen LogP contribution in [0.5, 0.6) is 0 Å². The molecule has 0 spiro atoms. The van der Waals surface area contributed by atoms with E-state index in [-0.39, 0.29) is 18.4 Å². The molecule has 2 N–H and O–H groups in total. The normalized spacial score (nSPS) is 15.3. The second kappa shape index (κ2) is 4.26.